The number of pyridine rings is 1. The van der Waals surface area contributed by atoms with Gasteiger partial charge in [-0.3, -0.25) is 9.59 Å². The van der Waals surface area contributed by atoms with Gasteiger partial charge in [0, 0.05) is 43.7 Å². The number of nitrogens with zero attached hydrogens (tertiary/aromatic N) is 2. The summed E-state index contributed by atoms with van der Waals surface area (Å²) in [6, 6.07) is 20.9. The summed E-state index contributed by atoms with van der Waals surface area (Å²) in [6.07, 6.45) is 8.21. The number of hydrogen-bond donors (Lipinski definition) is 2. The van der Waals surface area contributed by atoms with Gasteiger partial charge in [0.1, 0.15) is 5.82 Å². The number of nitrogens with one attached hydrogen (secondary N) is 1. The molecule has 0 saturated heterocycles. The van der Waals surface area contributed by atoms with Gasteiger partial charge in [0.15, 0.2) is 0 Å². The maximum Gasteiger partial charge on any atom is 0.225 e. The van der Waals surface area contributed by atoms with E-state index < -0.39 is 0 Å². The maximum atomic E-state index is 12.9. The van der Waals surface area contributed by atoms with E-state index in [0.717, 1.165) is 60.8 Å². The topological polar surface area (TPSA) is 88.3 Å². The van der Waals surface area contributed by atoms with Crippen LogP contribution in [0.25, 0.3) is 22.3 Å². The highest BCUT2D eigenvalue weighted by Gasteiger charge is 2.39. The summed E-state index contributed by atoms with van der Waals surface area (Å²) in [6.45, 7) is 1.61. The zero-order chi connectivity index (χ0) is 26.0. The molecule has 0 bridgehead atoms. The molecule has 0 spiro atoms. The Bertz CT molecular complexity index is 1260. The highest BCUT2D eigenvalue weighted by Crippen LogP contribution is 2.43. The standard InChI is InChI=1S/C31H36N4O2/c1-21(36)35(2)26-14-8-22(9-15-26)18-30(37)34-29-19-27(23-6-4-3-5-7-23)28(20-33-29)24-10-12-25(13-11-24)31(32)16-17-31/h3-7,10-13,19-20,22,26H,8-9,14-18,32H2,1-2H3,(H,33,34,37). The Kier molecular flexibility index (Phi) is 7.11. The number of carbonyl (C=O) groups excluding carboxylic acids is 2. The molecule has 37 heavy (non-hydrogen) atoms. The van der Waals surface area contributed by atoms with Crippen LogP contribution >= 0.6 is 0 Å². The van der Waals surface area contributed by atoms with Gasteiger partial charge in [-0.2, -0.15) is 0 Å². The van der Waals surface area contributed by atoms with Crippen molar-refractivity contribution in [2.45, 2.75) is 63.5 Å². The van der Waals surface area contributed by atoms with E-state index in [1.807, 2.05) is 42.4 Å². The number of amides is 2. The first-order chi connectivity index (χ1) is 17.8. The molecular weight excluding hydrogens is 460 g/mol. The Morgan fingerprint density at radius 2 is 1.62 bits per heavy atom. The maximum absolute atomic E-state index is 12.9. The van der Waals surface area contributed by atoms with Crippen LogP contribution in [0.5, 0.6) is 0 Å². The Labute approximate surface area is 219 Å². The molecule has 1 heterocycles. The first kappa shape index (κ1) is 25.2. The lowest BCUT2D eigenvalue weighted by Gasteiger charge is -2.34. The van der Waals surface area contributed by atoms with Crippen molar-refractivity contribution in [2.24, 2.45) is 11.7 Å². The summed E-state index contributed by atoms with van der Waals surface area (Å²) in [4.78, 5) is 31.0. The number of aromatic nitrogens is 1. The van der Waals surface area contributed by atoms with Gasteiger partial charge in [-0.25, -0.2) is 4.98 Å². The third-order valence-electron chi connectivity index (χ3n) is 8.15. The van der Waals surface area contributed by atoms with E-state index in [1.54, 1.807) is 6.92 Å². The molecule has 0 aliphatic heterocycles. The van der Waals surface area contributed by atoms with Crippen LogP contribution in [0, 0.1) is 5.92 Å². The SMILES string of the molecule is CC(=O)N(C)C1CCC(CC(=O)Nc2cc(-c3ccccc3)c(-c3ccc(C4(N)CC4)cc3)cn2)CC1. The van der Waals surface area contributed by atoms with Crippen LogP contribution in [0.15, 0.2) is 66.9 Å². The van der Waals surface area contributed by atoms with E-state index in [9.17, 15) is 9.59 Å². The predicted octanol–water partition coefficient (Wildman–Crippen LogP) is 5.73. The van der Waals surface area contributed by atoms with E-state index >= 15 is 0 Å². The molecule has 2 amide bonds. The zero-order valence-electron chi connectivity index (χ0n) is 21.7. The number of nitrogens with two attached hydrogens (primary N) is 1. The quantitative estimate of drug-likeness (QED) is 0.437. The predicted molar refractivity (Wildman–Crippen MR) is 148 cm³/mol. The van der Waals surface area contributed by atoms with Gasteiger partial charge in [0.25, 0.3) is 0 Å². The summed E-state index contributed by atoms with van der Waals surface area (Å²) >= 11 is 0. The summed E-state index contributed by atoms with van der Waals surface area (Å²) in [5, 5.41) is 3.04. The molecule has 2 aliphatic carbocycles. The van der Waals surface area contributed by atoms with Crippen molar-refractivity contribution in [3.05, 3.63) is 72.4 Å². The second kappa shape index (κ2) is 10.5. The van der Waals surface area contributed by atoms with Crippen molar-refractivity contribution in [1.29, 1.82) is 0 Å². The van der Waals surface area contributed by atoms with E-state index in [4.69, 9.17) is 5.73 Å². The van der Waals surface area contributed by atoms with Crippen molar-refractivity contribution in [2.75, 3.05) is 12.4 Å². The van der Waals surface area contributed by atoms with E-state index in [0.29, 0.717) is 18.2 Å². The Balaban J connectivity index is 1.30. The van der Waals surface area contributed by atoms with Gasteiger partial charge in [0.05, 0.1) is 0 Å². The fraction of sp³-hybridized carbons (Fsp3) is 0.387. The minimum Gasteiger partial charge on any atom is -0.343 e. The van der Waals surface area contributed by atoms with Gasteiger partial charge in [0.2, 0.25) is 11.8 Å². The van der Waals surface area contributed by atoms with Gasteiger partial charge in [-0.1, -0.05) is 54.6 Å². The van der Waals surface area contributed by atoms with Crippen LogP contribution in [0.1, 0.15) is 57.4 Å². The molecule has 2 aliphatic rings. The summed E-state index contributed by atoms with van der Waals surface area (Å²) < 4.78 is 0. The summed E-state index contributed by atoms with van der Waals surface area (Å²) in [5.41, 5.74) is 11.6. The zero-order valence-corrected chi connectivity index (χ0v) is 21.7. The minimum atomic E-state index is -0.157. The average Bonchev–Trinajstić information content (AvgIpc) is 3.67. The van der Waals surface area contributed by atoms with E-state index in [1.165, 1.54) is 5.56 Å². The van der Waals surface area contributed by atoms with E-state index in [-0.39, 0.29) is 23.4 Å². The average molecular weight is 497 g/mol. The first-order valence-electron chi connectivity index (χ1n) is 13.3. The van der Waals surface area contributed by atoms with Crippen LogP contribution in [0.3, 0.4) is 0 Å². The monoisotopic (exact) mass is 496 g/mol. The number of hydrogen-bond acceptors (Lipinski definition) is 4. The number of rotatable bonds is 7. The molecule has 0 atom stereocenters. The fourth-order valence-corrected chi connectivity index (χ4v) is 5.46. The highest BCUT2D eigenvalue weighted by molar-refractivity contribution is 5.92. The highest BCUT2D eigenvalue weighted by atomic mass is 16.2. The minimum absolute atomic E-state index is 0.00957. The van der Waals surface area contributed by atoms with Crippen LogP contribution in [0.4, 0.5) is 5.82 Å². The van der Waals surface area contributed by atoms with Crippen LogP contribution in [-0.4, -0.2) is 34.8 Å². The third-order valence-corrected chi connectivity index (χ3v) is 8.15. The lowest BCUT2D eigenvalue weighted by molar-refractivity contribution is -0.130. The second-order valence-corrected chi connectivity index (χ2v) is 10.8. The molecule has 2 aromatic carbocycles. The lowest BCUT2D eigenvalue weighted by Crippen LogP contribution is -2.38. The molecular formula is C31H36N4O2. The van der Waals surface area contributed by atoms with Gasteiger partial charge < -0.3 is 16.0 Å². The van der Waals surface area contributed by atoms with Gasteiger partial charge >= 0.3 is 0 Å². The molecule has 2 saturated carbocycles. The summed E-state index contributed by atoms with van der Waals surface area (Å²) in [5.74, 6) is 0.991. The van der Waals surface area contributed by atoms with Crippen molar-refractivity contribution in [1.82, 2.24) is 9.88 Å². The van der Waals surface area contributed by atoms with Crippen molar-refractivity contribution < 1.29 is 9.59 Å². The molecule has 3 aromatic rings. The summed E-state index contributed by atoms with van der Waals surface area (Å²) in [7, 11) is 1.87. The van der Waals surface area contributed by atoms with Crippen molar-refractivity contribution >= 4 is 17.6 Å². The molecule has 5 rings (SSSR count). The molecule has 192 valence electrons. The largest absolute Gasteiger partial charge is 0.343 e. The van der Waals surface area contributed by atoms with Crippen molar-refractivity contribution in [3.8, 4) is 22.3 Å². The Morgan fingerprint density at radius 3 is 2.24 bits per heavy atom. The molecule has 3 N–H and O–H groups in total. The molecule has 6 heteroatoms. The molecule has 2 fully saturated rings. The number of carbonyl (C=O) groups is 2. The fourth-order valence-electron chi connectivity index (χ4n) is 5.46. The number of benzene rings is 2. The smallest absolute Gasteiger partial charge is 0.225 e. The van der Waals surface area contributed by atoms with Crippen molar-refractivity contribution in [3.63, 3.8) is 0 Å². The van der Waals surface area contributed by atoms with Crippen LogP contribution < -0.4 is 11.1 Å². The lowest BCUT2D eigenvalue weighted by atomic mass is 9.83. The van der Waals surface area contributed by atoms with Gasteiger partial charge in [-0.15, -0.1) is 0 Å². The molecule has 0 radical (unpaired) electrons. The number of anilines is 1. The second-order valence-electron chi connectivity index (χ2n) is 10.8. The Hall–Kier alpha value is -3.51. The molecule has 6 nitrogen and oxygen atoms in total. The first-order valence-corrected chi connectivity index (χ1v) is 13.3. The van der Waals surface area contributed by atoms with Crippen LogP contribution in [-0.2, 0) is 15.1 Å². The third kappa shape index (κ3) is 5.75. The molecule has 1 aromatic heterocycles. The Morgan fingerprint density at radius 1 is 0.973 bits per heavy atom. The van der Waals surface area contributed by atoms with Crippen LogP contribution in [0.2, 0.25) is 0 Å². The van der Waals surface area contributed by atoms with Gasteiger partial charge in [-0.05, 0) is 72.8 Å². The van der Waals surface area contributed by atoms with E-state index in [2.05, 4.69) is 46.7 Å². The normalized spacial score (nSPS) is 20.2. The molecule has 0 unspecified atom stereocenters.